The van der Waals surface area contributed by atoms with Crippen molar-refractivity contribution in [2.24, 2.45) is 0 Å². The van der Waals surface area contributed by atoms with E-state index in [1.54, 1.807) is 11.3 Å². The highest BCUT2D eigenvalue weighted by molar-refractivity contribution is 7.11. The second kappa shape index (κ2) is 3.47. The molecule has 1 heterocycles. The van der Waals surface area contributed by atoms with Crippen molar-refractivity contribution >= 4 is 11.3 Å². The molecule has 0 N–H and O–H groups in total. The fraction of sp³-hybridized carbons (Fsp3) is 0.600. The van der Waals surface area contributed by atoms with Crippen molar-refractivity contribution in [2.75, 3.05) is 0 Å². The second-order valence-electron chi connectivity index (χ2n) is 3.52. The van der Waals surface area contributed by atoms with E-state index in [1.165, 1.54) is 24.3 Å². The molecule has 1 fully saturated rings. The lowest BCUT2D eigenvalue weighted by Crippen LogP contribution is -2.07. The standard InChI is InChI=1S/C10H12N2S/c1-7-9(5-6-11)13-10(12-7)8-3-2-4-8/h8H,2-5H2,1H3. The summed E-state index contributed by atoms with van der Waals surface area (Å²) in [5.74, 6) is 0.705. The number of aryl methyl sites for hydroxylation is 1. The van der Waals surface area contributed by atoms with Crippen molar-refractivity contribution in [3.63, 3.8) is 0 Å². The predicted molar refractivity (Wildman–Crippen MR) is 52.8 cm³/mol. The van der Waals surface area contributed by atoms with Crippen LogP contribution < -0.4 is 0 Å². The molecule has 1 aliphatic rings. The average Bonchev–Trinajstić information content (AvgIpc) is 2.30. The number of rotatable bonds is 2. The minimum Gasteiger partial charge on any atom is -0.246 e. The summed E-state index contributed by atoms with van der Waals surface area (Å²) in [4.78, 5) is 5.68. The quantitative estimate of drug-likeness (QED) is 0.722. The van der Waals surface area contributed by atoms with E-state index in [4.69, 9.17) is 5.26 Å². The smallest absolute Gasteiger partial charge is 0.0962 e. The first-order valence-electron chi connectivity index (χ1n) is 4.64. The molecule has 0 saturated heterocycles. The van der Waals surface area contributed by atoms with Crippen molar-refractivity contribution < 1.29 is 0 Å². The SMILES string of the molecule is Cc1nc(C2CCC2)sc1CC#N. The first-order valence-corrected chi connectivity index (χ1v) is 5.46. The van der Waals surface area contributed by atoms with Crippen molar-refractivity contribution in [1.82, 2.24) is 4.98 Å². The summed E-state index contributed by atoms with van der Waals surface area (Å²) in [6.07, 6.45) is 4.45. The van der Waals surface area contributed by atoms with Crippen LogP contribution in [0.15, 0.2) is 0 Å². The van der Waals surface area contributed by atoms with Gasteiger partial charge in [-0.05, 0) is 19.8 Å². The molecule has 0 amide bonds. The van der Waals surface area contributed by atoms with Gasteiger partial charge in [-0.2, -0.15) is 5.26 Å². The molecular weight excluding hydrogens is 180 g/mol. The third-order valence-electron chi connectivity index (χ3n) is 2.60. The Balaban J connectivity index is 2.19. The van der Waals surface area contributed by atoms with Gasteiger partial charge in [-0.25, -0.2) is 4.98 Å². The number of thiazole rings is 1. The van der Waals surface area contributed by atoms with Crippen LogP contribution in [-0.4, -0.2) is 4.98 Å². The molecule has 0 atom stereocenters. The largest absolute Gasteiger partial charge is 0.246 e. The molecule has 0 spiro atoms. The maximum atomic E-state index is 8.59. The maximum Gasteiger partial charge on any atom is 0.0962 e. The molecule has 0 aromatic carbocycles. The van der Waals surface area contributed by atoms with E-state index in [1.807, 2.05) is 6.92 Å². The number of nitrogens with zero attached hydrogens (tertiary/aromatic N) is 2. The number of aromatic nitrogens is 1. The summed E-state index contributed by atoms with van der Waals surface area (Å²) in [5, 5.41) is 9.85. The molecule has 1 aliphatic carbocycles. The van der Waals surface area contributed by atoms with Gasteiger partial charge in [0, 0.05) is 10.8 Å². The average molecular weight is 192 g/mol. The minimum absolute atomic E-state index is 0.524. The van der Waals surface area contributed by atoms with E-state index in [0.29, 0.717) is 12.3 Å². The normalized spacial score (nSPS) is 16.6. The molecule has 1 aromatic heterocycles. The third-order valence-corrected chi connectivity index (χ3v) is 3.92. The summed E-state index contributed by atoms with van der Waals surface area (Å²) in [6, 6.07) is 2.18. The molecule has 13 heavy (non-hydrogen) atoms. The van der Waals surface area contributed by atoms with E-state index in [-0.39, 0.29) is 0 Å². The van der Waals surface area contributed by atoms with Gasteiger partial charge >= 0.3 is 0 Å². The van der Waals surface area contributed by atoms with Gasteiger partial charge in [-0.3, -0.25) is 0 Å². The van der Waals surface area contributed by atoms with E-state index in [9.17, 15) is 0 Å². The Kier molecular flexibility index (Phi) is 2.32. The summed E-state index contributed by atoms with van der Waals surface area (Å²) in [7, 11) is 0. The van der Waals surface area contributed by atoms with Gasteiger partial charge in [0.05, 0.1) is 23.2 Å². The summed E-state index contributed by atoms with van der Waals surface area (Å²) < 4.78 is 0. The van der Waals surface area contributed by atoms with Gasteiger partial charge in [0.1, 0.15) is 0 Å². The van der Waals surface area contributed by atoms with Crippen LogP contribution in [0, 0.1) is 18.3 Å². The Morgan fingerprint density at radius 1 is 1.62 bits per heavy atom. The Morgan fingerprint density at radius 2 is 2.38 bits per heavy atom. The Bertz CT molecular complexity index is 344. The summed E-state index contributed by atoms with van der Waals surface area (Å²) >= 11 is 1.73. The molecule has 0 aliphatic heterocycles. The molecule has 0 radical (unpaired) electrons. The van der Waals surface area contributed by atoms with Gasteiger partial charge in [0.15, 0.2) is 0 Å². The summed E-state index contributed by atoms with van der Waals surface area (Å²) in [6.45, 7) is 2.01. The van der Waals surface area contributed by atoms with Crippen LogP contribution >= 0.6 is 11.3 Å². The molecule has 3 heteroatoms. The van der Waals surface area contributed by atoms with Crippen molar-refractivity contribution in [3.8, 4) is 6.07 Å². The highest BCUT2D eigenvalue weighted by atomic mass is 32.1. The van der Waals surface area contributed by atoms with Crippen molar-refractivity contribution in [2.45, 2.75) is 38.5 Å². The van der Waals surface area contributed by atoms with Crippen LogP contribution in [0.25, 0.3) is 0 Å². The van der Waals surface area contributed by atoms with Gasteiger partial charge < -0.3 is 0 Å². The maximum absolute atomic E-state index is 8.59. The van der Waals surface area contributed by atoms with E-state index in [2.05, 4.69) is 11.1 Å². The number of hydrogen-bond acceptors (Lipinski definition) is 3. The first-order chi connectivity index (χ1) is 6.31. The third kappa shape index (κ3) is 1.59. The zero-order valence-electron chi connectivity index (χ0n) is 7.71. The molecule has 2 rings (SSSR count). The zero-order chi connectivity index (χ0) is 9.26. The molecular formula is C10H12N2S. The predicted octanol–water partition coefficient (Wildman–Crippen LogP) is 2.79. The van der Waals surface area contributed by atoms with Crippen LogP contribution in [-0.2, 0) is 6.42 Å². The lowest BCUT2D eigenvalue weighted by Gasteiger charge is -2.22. The van der Waals surface area contributed by atoms with E-state index in [0.717, 1.165) is 10.6 Å². The second-order valence-corrected chi connectivity index (χ2v) is 4.64. The number of nitriles is 1. The monoisotopic (exact) mass is 192 g/mol. The molecule has 1 aromatic rings. The lowest BCUT2D eigenvalue weighted by atomic mass is 9.86. The topological polar surface area (TPSA) is 36.7 Å². The molecule has 2 nitrogen and oxygen atoms in total. The Morgan fingerprint density at radius 3 is 2.92 bits per heavy atom. The van der Waals surface area contributed by atoms with E-state index >= 15 is 0 Å². The Labute approximate surface area is 82.2 Å². The van der Waals surface area contributed by atoms with Gasteiger partial charge in [0.25, 0.3) is 0 Å². The van der Waals surface area contributed by atoms with Gasteiger partial charge in [-0.1, -0.05) is 6.42 Å². The van der Waals surface area contributed by atoms with Crippen LogP contribution in [0.1, 0.15) is 40.8 Å². The highest BCUT2D eigenvalue weighted by Gasteiger charge is 2.23. The number of hydrogen-bond donors (Lipinski definition) is 0. The molecule has 0 unspecified atom stereocenters. The van der Waals surface area contributed by atoms with Crippen LogP contribution in [0.2, 0.25) is 0 Å². The minimum atomic E-state index is 0.524. The Hall–Kier alpha value is -0.880. The lowest BCUT2D eigenvalue weighted by molar-refractivity contribution is 0.418. The molecule has 0 bridgehead atoms. The van der Waals surface area contributed by atoms with Crippen LogP contribution in [0.3, 0.4) is 0 Å². The fourth-order valence-corrected chi connectivity index (χ4v) is 2.68. The van der Waals surface area contributed by atoms with Crippen molar-refractivity contribution in [1.29, 1.82) is 5.26 Å². The highest BCUT2D eigenvalue weighted by Crippen LogP contribution is 2.39. The first kappa shape index (κ1) is 8.71. The van der Waals surface area contributed by atoms with E-state index < -0.39 is 0 Å². The fourth-order valence-electron chi connectivity index (χ4n) is 1.52. The summed E-state index contributed by atoms with van der Waals surface area (Å²) in [5.41, 5.74) is 1.06. The van der Waals surface area contributed by atoms with Gasteiger partial charge in [-0.15, -0.1) is 11.3 Å². The van der Waals surface area contributed by atoms with Crippen LogP contribution in [0.4, 0.5) is 0 Å². The van der Waals surface area contributed by atoms with Crippen LogP contribution in [0.5, 0.6) is 0 Å². The van der Waals surface area contributed by atoms with Gasteiger partial charge in [0.2, 0.25) is 0 Å². The van der Waals surface area contributed by atoms with Crippen molar-refractivity contribution in [3.05, 3.63) is 15.6 Å². The molecule has 1 saturated carbocycles. The molecule has 68 valence electrons. The zero-order valence-corrected chi connectivity index (χ0v) is 8.52.